The Bertz CT molecular complexity index is 660. The minimum atomic E-state index is -0.305. The van der Waals surface area contributed by atoms with Gasteiger partial charge >= 0.3 is 0 Å². The average molecular weight is 280 g/mol. The molecular weight excluding hydrogens is 256 g/mol. The van der Waals surface area contributed by atoms with Gasteiger partial charge in [-0.05, 0) is 72.3 Å². The maximum Gasteiger partial charge on any atom is 0.0801 e. The summed E-state index contributed by atoms with van der Waals surface area (Å²) in [7, 11) is 0. The second kappa shape index (κ2) is 5.14. The van der Waals surface area contributed by atoms with E-state index in [-0.39, 0.29) is 6.10 Å². The van der Waals surface area contributed by atoms with E-state index in [4.69, 9.17) is 0 Å². The van der Waals surface area contributed by atoms with Gasteiger partial charge in [0.2, 0.25) is 0 Å². The summed E-state index contributed by atoms with van der Waals surface area (Å²) in [4.78, 5) is 0. The highest BCUT2D eigenvalue weighted by Gasteiger charge is 2.40. The van der Waals surface area contributed by atoms with Crippen molar-refractivity contribution in [1.82, 2.24) is 0 Å². The van der Waals surface area contributed by atoms with Crippen molar-refractivity contribution in [2.24, 2.45) is 17.8 Å². The van der Waals surface area contributed by atoms with Crippen molar-refractivity contribution in [3.63, 3.8) is 0 Å². The predicted molar refractivity (Wildman–Crippen MR) is 87.2 cm³/mol. The van der Waals surface area contributed by atoms with Crippen molar-refractivity contribution >= 4 is 10.8 Å². The van der Waals surface area contributed by atoms with Crippen molar-refractivity contribution in [2.45, 2.75) is 45.1 Å². The molecule has 1 nitrogen and oxygen atoms in total. The molecule has 21 heavy (non-hydrogen) atoms. The fourth-order valence-electron chi connectivity index (χ4n) is 4.92. The SMILES string of the molecule is Cc1ccc2ccccc2c1C(O)CC1CC2CCC1C2. The summed E-state index contributed by atoms with van der Waals surface area (Å²) in [5.74, 6) is 2.60. The van der Waals surface area contributed by atoms with Crippen LogP contribution in [0.25, 0.3) is 10.8 Å². The smallest absolute Gasteiger partial charge is 0.0801 e. The molecule has 2 fully saturated rings. The third kappa shape index (κ3) is 2.28. The Morgan fingerprint density at radius 3 is 2.71 bits per heavy atom. The van der Waals surface area contributed by atoms with E-state index >= 15 is 0 Å². The average Bonchev–Trinajstić information content (AvgIpc) is 3.09. The Kier molecular flexibility index (Phi) is 3.26. The van der Waals surface area contributed by atoms with E-state index in [9.17, 15) is 5.11 Å². The van der Waals surface area contributed by atoms with Gasteiger partial charge in [0.25, 0.3) is 0 Å². The topological polar surface area (TPSA) is 20.2 Å². The zero-order chi connectivity index (χ0) is 14.4. The van der Waals surface area contributed by atoms with Gasteiger partial charge in [0, 0.05) is 0 Å². The predicted octanol–water partition coefficient (Wildman–Crippen LogP) is 5.01. The van der Waals surface area contributed by atoms with E-state index < -0.39 is 0 Å². The largest absolute Gasteiger partial charge is 0.388 e. The maximum absolute atomic E-state index is 10.9. The van der Waals surface area contributed by atoms with Crippen molar-refractivity contribution < 1.29 is 5.11 Å². The van der Waals surface area contributed by atoms with Crippen LogP contribution in [0, 0.1) is 24.7 Å². The highest BCUT2D eigenvalue weighted by molar-refractivity contribution is 5.87. The van der Waals surface area contributed by atoms with Crippen LogP contribution in [0.1, 0.15) is 49.3 Å². The van der Waals surface area contributed by atoms with Gasteiger partial charge in [0.15, 0.2) is 0 Å². The first kappa shape index (κ1) is 13.3. The zero-order valence-corrected chi connectivity index (χ0v) is 12.8. The Morgan fingerprint density at radius 2 is 1.95 bits per heavy atom. The van der Waals surface area contributed by atoms with E-state index in [1.54, 1.807) is 0 Å². The first-order valence-electron chi connectivity index (χ1n) is 8.38. The molecule has 2 aromatic carbocycles. The quantitative estimate of drug-likeness (QED) is 0.838. The van der Waals surface area contributed by atoms with Gasteiger partial charge in [0.05, 0.1) is 6.10 Å². The highest BCUT2D eigenvalue weighted by Crippen LogP contribution is 2.51. The second-order valence-corrected chi connectivity index (χ2v) is 7.20. The van der Waals surface area contributed by atoms with Crippen LogP contribution in [0.3, 0.4) is 0 Å². The Labute approximate surface area is 127 Å². The van der Waals surface area contributed by atoms with Gasteiger partial charge in [-0.2, -0.15) is 0 Å². The number of aliphatic hydroxyl groups excluding tert-OH is 1. The van der Waals surface area contributed by atoms with Crippen LogP contribution in [-0.2, 0) is 0 Å². The first-order valence-corrected chi connectivity index (χ1v) is 8.38. The third-order valence-electron chi connectivity index (χ3n) is 5.93. The van der Waals surface area contributed by atoms with Crippen LogP contribution >= 0.6 is 0 Å². The number of fused-ring (bicyclic) bond motifs is 3. The highest BCUT2D eigenvalue weighted by atomic mass is 16.3. The maximum atomic E-state index is 10.9. The molecule has 0 amide bonds. The third-order valence-corrected chi connectivity index (χ3v) is 5.93. The van der Waals surface area contributed by atoms with Crippen molar-refractivity contribution in [2.75, 3.05) is 0 Å². The van der Waals surface area contributed by atoms with Crippen LogP contribution in [0.2, 0.25) is 0 Å². The van der Waals surface area contributed by atoms with Crippen LogP contribution in [0.5, 0.6) is 0 Å². The van der Waals surface area contributed by atoms with Crippen LogP contribution in [-0.4, -0.2) is 5.11 Å². The Morgan fingerprint density at radius 1 is 1.10 bits per heavy atom. The Hall–Kier alpha value is -1.34. The van der Waals surface area contributed by atoms with Gasteiger partial charge in [-0.3, -0.25) is 0 Å². The first-order chi connectivity index (χ1) is 10.2. The molecule has 0 aromatic heterocycles. The number of hydrogen-bond donors (Lipinski definition) is 1. The summed E-state index contributed by atoms with van der Waals surface area (Å²) >= 11 is 0. The number of hydrogen-bond acceptors (Lipinski definition) is 1. The molecule has 4 rings (SSSR count). The summed E-state index contributed by atoms with van der Waals surface area (Å²) < 4.78 is 0. The molecule has 0 aliphatic heterocycles. The molecule has 4 atom stereocenters. The van der Waals surface area contributed by atoms with E-state index in [1.807, 2.05) is 0 Å². The van der Waals surface area contributed by atoms with E-state index in [1.165, 1.54) is 42.0 Å². The molecule has 0 heterocycles. The van der Waals surface area contributed by atoms with Gasteiger partial charge in [-0.25, -0.2) is 0 Å². The molecule has 2 bridgehead atoms. The number of aliphatic hydroxyl groups is 1. The molecule has 0 saturated heterocycles. The Balaban J connectivity index is 1.64. The molecule has 110 valence electrons. The zero-order valence-electron chi connectivity index (χ0n) is 12.8. The van der Waals surface area contributed by atoms with Crippen molar-refractivity contribution in [3.8, 4) is 0 Å². The molecule has 2 aliphatic carbocycles. The summed E-state index contributed by atoms with van der Waals surface area (Å²) in [6, 6.07) is 12.8. The number of aryl methyl sites for hydroxylation is 1. The van der Waals surface area contributed by atoms with Gasteiger partial charge in [-0.15, -0.1) is 0 Å². The van der Waals surface area contributed by atoms with Gasteiger partial charge in [-0.1, -0.05) is 42.8 Å². The fraction of sp³-hybridized carbons (Fsp3) is 0.500. The van der Waals surface area contributed by atoms with Crippen LogP contribution in [0.15, 0.2) is 36.4 Å². The lowest BCUT2D eigenvalue weighted by molar-refractivity contribution is 0.126. The molecule has 2 aliphatic rings. The summed E-state index contributed by atoms with van der Waals surface area (Å²) in [5, 5.41) is 13.4. The molecule has 0 radical (unpaired) electrons. The molecule has 4 unspecified atom stereocenters. The minimum Gasteiger partial charge on any atom is -0.388 e. The number of benzene rings is 2. The standard InChI is InChI=1S/C20H24O/c1-13-6-8-15-4-2-3-5-18(15)20(13)19(21)12-17-11-14-7-9-16(17)10-14/h2-6,8,14,16-17,19,21H,7,9-12H2,1H3. The minimum absolute atomic E-state index is 0.305. The molecule has 2 saturated carbocycles. The van der Waals surface area contributed by atoms with Gasteiger partial charge in [0.1, 0.15) is 0 Å². The summed E-state index contributed by atoms with van der Waals surface area (Å²) in [5.41, 5.74) is 2.39. The number of rotatable bonds is 3. The lowest BCUT2D eigenvalue weighted by Gasteiger charge is -2.25. The van der Waals surface area contributed by atoms with E-state index in [0.717, 1.165) is 29.7 Å². The second-order valence-electron chi connectivity index (χ2n) is 7.20. The van der Waals surface area contributed by atoms with Crippen LogP contribution < -0.4 is 0 Å². The normalized spacial score (nSPS) is 29.1. The monoisotopic (exact) mass is 280 g/mol. The molecule has 2 aromatic rings. The molecule has 1 heteroatoms. The molecule has 0 spiro atoms. The lowest BCUT2D eigenvalue weighted by Crippen LogP contribution is -2.15. The lowest BCUT2D eigenvalue weighted by atomic mass is 9.82. The van der Waals surface area contributed by atoms with Crippen molar-refractivity contribution in [3.05, 3.63) is 47.5 Å². The fourth-order valence-corrected chi connectivity index (χ4v) is 4.92. The summed E-state index contributed by atoms with van der Waals surface area (Å²) in [6.07, 6.45) is 6.26. The van der Waals surface area contributed by atoms with Gasteiger partial charge < -0.3 is 5.11 Å². The van der Waals surface area contributed by atoms with Crippen molar-refractivity contribution in [1.29, 1.82) is 0 Å². The molecule has 1 N–H and O–H groups in total. The van der Waals surface area contributed by atoms with E-state index in [0.29, 0.717) is 0 Å². The van der Waals surface area contributed by atoms with E-state index in [2.05, 4.69) is 43.3 Å². The molecular formula is C20H24O. The van der Waals surface area contributed by atoms with Crippen LogP contribution in [0.4, 0.5) is 0 Å². The summed E-state index contributed by atoms with van der Waals surface area (Å²) in [6.45, 7) is 2.13.